The lowest BCUT2D eigenvalue weighted by Crippen LogP contribution is -2.29. The summed E-state index contributed by atoms with van der Waals surface area (Å²) in [5.41, 5.74) is 5.69. The maximum absolute atomic E-state index is 12.5. The SMILES string of the molecule is NCC1CCN(C(=O)c2cc3cc([N+](=O)[O-])ccc3s2)C1. The number of non-ortho nitro benzene ring substituents is 1. The van der Waals surface area contributed by atoms with Crippen LogP contribution in [0.2, 0.25) is 0 Å². The Morgan fingerprint density at radius 3 is 2.95 bits per heavy atom. The van der Waals surface area contributed by atoms with Crippen molar-refractivity contribution in [3.63, 3.8) is 0 Å². The number of nitrogens with two attached hydrogens (primary N) is 1. The Bertz CT molecular complexity index is 713. The highest BCUT2D eigenvalue weighted by Crippen LogP contribution is 2.30. The van der Waals surface area contributed by atoms with E-state index in [2.05, 4.69) is 0 Å². The molecule has 1 fully saturated rings. The Balaban J connectivity index is 1.87. The van der Waals surface area contributed by atoms with Gasteiger partial charge in [-0.25, -0.2) is 0 Å². The van der Waals surface area contributed by atoms with Crippen molar-refractivity contribution in [2.75, 3.05) is 19.6 Å². The van der Waals surface area contributed by atoms with Crippen LogP contribution in [0, 0.1) is 16.0 Å². The van der Waals surface area contributed by atoms with Crippen LogP contribution >= 0.6 is 11.3 Å². The lowest BCUT2D eigenvalue weighted by atomic mass is 10.1. The van der Waals surface area contributed by atoms with Gasteiger partial charge < -0.3 is 10.6 Å². The number of nitrogens with zero attached hydrogens (tertiary/aromatic N) is 2. The minimum atomic E-state index is -0.426. The molecule has 1 unspecified atom stereocenters. The molecule has 21 heavy (non-hydrogen) atoms. The summed E-state index contributed by atoms with van der Waals surface area (Å²) in [6.07, 6.45) is 0.943. The predicted molar refractivity (Wildman–Crippen MR) is 81.5 cm³/mol. The van der Waals surface area contributed by atoms with Gasteiger partial charge in [-0.1, -0.05) is 0 Å². The lowest BCUT2D eigenvalue weighted by Gasteiger charge is -2.14. The van der Waals surface area contributed by atoms with E-state index in [9.17, 15) is 14.9 Å². The van der Waals surface area contributed by atoms with Gasteiger partial charge in [0.2, 0.25) is 0 Å². The first-order chi connectivity index (χ1) is 10.1. The molecule has 0 spiro atoms. The maximum atomic E-state index is 12.5. The first-order valence-corrected chi connectivity index (χ1v) is 7.57. The number of benzene rings is 1. The van der Waals surface area contributed by atoms with Gasteiger partial charge in [-0.3, -0.25) is 14.9 Å². The molecular formula is C14H15N3O3S. The first-order valence-electron chi connectivity index (χ1n) is 6.76. The second-order valence-corrected chi connectivity index (χ2v) is 6.32. The fourth-order valence-corrected chi connectivity index (χ4v) is 3.63. The van der Waals surface area contributed by atoms with E-state index in [4.69, 9.17) is 5.73 Å². The number of amides is 1. The number of thiophene rings is 1. The number of hydrogen-bond acceptors (Lipinski definition) is 5. The molecule has 7 heteroatoms. The van der Waals surface area contributed by atoms with E-state index in [-0.39, 0.29) is 11.6 Å². The summed E-state index contributed by atoms with van der Waals surface area (Å²) >= 11 is 1.38. The zero-order valence-electron chi connectivity index (χ0n) is 11.3. The summed E-state index contributed by atoms with van der Waals surface area (Å²) < 4.78 is 0.888. The zero-order valence-corrected chi connectivity index (χ0v) is 12.1. The number of nitro groups is 1. The topological polar surface area (TPSA) is 89.5 Å². The lowest BCUT2D eigenvalue weighted by molar-refractivity contribution is -0.384. The van der Waals surface area contributed by atoms with Gasteiger partial charge in [-0.2, -0.15) is 0 Å². The van der Waals surface area contributed by atoms with Gasteiger partial charge in [0.05, 0.1) is 9.80 Å². The Labute approximate surface area is 125 Å². The highest BCUT2D eigenvalue weighted by atomic mass is 32.1. The van der Waals surface area contributed by atoms with Crippen molar-refractivity contribution >= 4 is 33.0 Å². The summed E-state index contributed by atoms with van der Waals surface area (Å²) in [6, 6.07) is 6.41. The van der Waals surface area contributed by atoms with Crippen molar-refractivity contribution in [3.8, 4) is 0 Å². The minimum absolute atomic E-state index is 0.00481. The van der Waals surface area contributed by atoms with Crippen LogP contribution in [0.3, 0.4) is 0 Å². The summed E-state index contributed by atoms with van der Waals surface area (Å²) in [6.45, 7) is 2.03. The third-order valence-corrected chi connectivity index (χ3v) is 4.93. The van der Waals surface area contributed by atoms with Crippen molar-refractivity contribution in [1.82, 2.24) is 4.90 Å². The highest BCUT2D eigenvalue weighted by molar-refractivity contribution is 7.20. The molecule has 1 aromatic carbocycles. The molecule has 0 saturated carbocycles. The fourth-order valence-electron chi connectivity index (χ4n) is 2.62. The van der Waals surface area contributed by atoms with E-state index in [1.807, 2.05) is 4.90 Å². The van der Waals surface area contributed by atoms with Gasteiger partial charge in [-0.05, 0) is 31.0 Å². The van der Waals surface area contributed by atoms with Crippen LogP contribution in [0.5, 0.6) is 0 Å². The molecule has 0 bridgehead atoms. The van der Waals surface area contributed by atoms with Crippen LogP contribution in [0.4, 0.5) is 5.69 Å². The Morgan fingerprint density at radius 2 is 2.29 bits per heavy atom. The quantitative estimate of drug-likeness (QED) is 0.695. The molecular weight excluding hydrogens is 290 g/mol. The first kappa shape index (κ1) is 14.0. The van der Waals surface area contributed by atoms with Crippen LogP contribution in [-0.4, -0.2) is 35.4 Å². The van der Waals surface area contributed by atoms with Crippen LogP contribution < -0.4 is 5.73 Å². The molecule has 1 aromatic heterocycles. The summed E-state index contributed by atoms with van der Waals surface area (Å²) in [5, 5.41) is 11.5. The van der Waals surface area contributed by atoms with Crippen LogP contribution in [0.1, 0.15) is 16.1 Å². The number of nitro benzene ring substituents is 1. The zero-order chi connectivity index (χ0) is 15.0. The molecule has 1 atom stereocenters. The molecule has 110 valence electrons. The van der Waals surface area contributed by atoms with Gasteiger partial charge in [-0.15, -0.1) is 11.3 Å². The largest absolute Gasteiger partial charge is 0.338 e. The molecule has 2 N–H and O–H groups in total. The van der Waals surface area contributed by atoms with Crippen molar-refractivity contribution in [3.05, 3.63) is 39.3 Å². The van der Waals surface area contributed by atoms with Crippen molar-refractivity contribution in [2.24, 2.45) is 11.7 Å². The standard InChI is InChI=1S/C14H15N3O3S/c15-7-9-3-4-16(8-9)14(18)13-6-10-5-11(17(19)20)1-2-12(10)21-13/h1-2,5-6,9H,3-4,7-8,15H2. The van der Waals surface area contributed by atoms with E-state index in [1.54, 1.807) is 12.1 Å². The third-order valence-electron chi connectivity index (χ3n) is 3.83. The molecule has 1 amide bonds. The number of likely N-dealkylation sites (tertiary alicyclic amines) is 1. The molecule has 0 radical (unpaired) electrons. The normalized spacial score (nSPS) is 18.3. The Hall–Kier alpha value is -1.99. The molecule has 1 saturated heterocycles. The fraction of sp³-hybridized carbons (Fsp3) is 0.357. The highest BCUT2D eigenvalue weighted by Gasteiger charge is 2.27. The summed E-state index contributed by atoms with van der Waals surface area (Å²) in [7, 11) is 0. The Morgan fingerprint density at radius 1 is 1.48 bits per heavy atom. The smallest absolute Gasteiger partial charge is 0.270 e. The molecule has 2 heterocycles. The third kappa shape index (κ3) is 2.62. The average Bonchev–Trinajstić information content (AvgIpc) is 3.11. The van der Waals surface area contributed by atoms with Gasteiger partial charge >= 0.3 is 0 Å². The van der Waals surface area contributed by atoms with Crippen LogP contribution in [0.25, 0.3) is 10.1 Å². The predicted octanol–water partition coefficient (Wildman–Crippen LogP) is 2.23. The Kier molecular flexibility index (Phi) is 3.60. The molecule has 2 aromatic rings. The molecule has 1 aliphatic heterocycles. The van der Waals surface area contributed by atoms with Gasteiger partial charge in [0.1, 0.15) is 0 Å². The van der Waals surface area contributed by atoms with Crippen molar-refractivity contribution in [1.29, 1.82) is 0 Å². The second kappa shape index (κ2) is 5.42. The number of carbonyl (C=O) groups excluding carboxylic acids is 1. The van der Waals surface area contributed by atoms with Crippen LogP contribution in [-0.2, 0) is 0 Å². The molecule has 6 nitrogen and oxygen atoms in total. The van der Waals surface area contributed by atoms with E-state index >= 15 is 0 Å². The summed E-state index contributed by atoms with van der Waals surface area (Å²) in [4.78, 5) is 25.3. The van der Waals surface area contributed by atoms with Crippen LogP contribution in [0.15, 0.2) is 24.3 Å². The van der Waals surface area contributed by atoms with E-state index < -0.39 is 4.92 Å². The maximum Gasteiger partial charge on any atom is 0.270 e. The minimum Gasteiger partial charge on any atom is -0.338 e. The molecule has 3 rings (SSSR count). The van der Waals surface area contributed by atoms with Crippen molar-refractivity contribution < 1.29 is 9.72 Å². The van der Waals surface area contributed by atoms with E-state index in [0.29, 0.717) is 23.9 Å². The molecule has 0 aliphatic carbocycles. The number of carbonyl (C=O) groups is 1. The van der Waals surface area contributed by atoms with E-state index in [0.717, 1.165) is 23.1 Å². The number of rotatable bonds is 3. The van der Waals surface area contributed by atoms with Gasteiger partial charge in [0, 0.05) is 35.3 Å². The van der Waals surface area contributed by atoms with E-state index in [1.165, 1.54) is 23.5 Å². The second-order valence-electron chi connectivity index (χ2n) is 5.23. The summed E-state index contributed by atoms with van der Waals surface area (Å²) in [5.74, 6) is 0.374. The number of fused-ring (bicyclic) bond motifs is 1. The average molecular weight is 305 g/mol. The van der Waals surface area contributed by atoms with Gasteiger partial charge in [0.25, 0.3) is 11.6 Å². The van der Waals surface area contributed by atoms with Crippen molar-refractivity contribution in [2.45, 2.75) is 6.42 Å². The molecule has 1 aliphatic rings. The monoisotopic (exact) mass is 305 g/mol. The van der Waals surface area contributed by atoms with Gasteiger partial charge in [0.15, 0.2) is 0 Å². The number of hydrogen-bond donors (Lipinski definition) is 1.